The molecule has 1 fully saturated rings. The van der Waals surface area contributed by atoms with Gasteiger partial charge in [-0.15, -0.1) is 12.4 Å². The van der Waals surface area contributed by atoms with Crippen molar-refractivity contribution < 1.29 is 19.8 Å². The zero-order valence-electron chi connectivity index (χ0n) is 14.4. The van der Waals surface area contributed by atoms with Crippen LogP contribution < -0.4 is 5.32 Å². The average molecular weight is 423 g/mol. The highest BCUT2D eigenvalue weighted by Crippen LogP contribution is 2.43. The standard InChI is InChI=1S/C18H15ClN4O4.ClH/c19-12-4-10(9-1-2-9)3-11(5-12)13-6-14(24)16(18(27)20-7-15(25)26)23-17(13)21-8-22-23;/h3-6,8-9,24H,1-2,7H2,(H,20,27)(H,25,26);1H. The first-order chi connectivity index (χ1) is 12.9. The van der Waals surface area contributed by atoms with Gasteiger partial charge in [0, 0.05) is 10.6 Å². The van der Waals surface area contributed by atoms with Crippen molar-refractivity contribution in [3.8, 4) is 16.9 Å². The lowest BCUT2D eigenvalue weighted by atomic mass is 10.0. The van der Waals surface area contributed by atoms with Crippen molar-refractivity contribution in [2.75, 3.05) is 6.54 Å². The molecular formula is C18H16Cl2N4O4. The van der Waals surface area contributed by atoms with Gasteiger partial charge in [0.2, 0.25) is 0 Å². The number of pyridine rings is 1. The Labute approximate surface area is 170 Å². The lowest BCUT2D eigenvalue weighted by Gasteiger charge is -2.12. The number of hydrogen-bond acceptors (Lipinski definition) is 5. The molecule has 3 aromatic rings. The summed E-state index contributed by atoms with van der Waals surface area (Å²) in [6, 6.07) is 7.11. The predicted molar refractivity (Wildman–Crippen MR) is 104 cm³/mol. The second-order valence-electron chi connectivity index (χ2n) is 6.41. The van der Waals surface area contributed by atoms with Gasteiger partial charge in [0.1, 0.15) is 18.6 Å². The number of carboxylic acid groups (broad SMARTS) is 1. The number of aromatic nitrogens is 3. The molecule has 8 nitrogen and oxygen atoms in total. The summed E-state index contributed by atoms with van der Waals surface area (Å²) in [6.45, 7) is -0.574. The number of carboxylic acids is 1. The summed E-state index contributed by atoms with van der Waals surface area (Å²) >= 11 is 6.26. The summed E-state index contributed by atoms with van der Waals surface area (Å²) in [7, 11) is 0. The number of fused-ring (bicyclic) bond motifs is 1. The number of carbonyl (C=O) groups is 2. The number of hydrogen-bond donors (Lipinski definition) is 3. The van der Waals surface area contributed by atoms with E-state index >= 15 is 0 Å². The maximum atomic E-state index is 12.3. The maximum Gasteiger partial charge on any atom is 0.322 e. The molecule has 0 saturated heterocycles. The van der Waals surface area contributed by atoms with Crippen LogP contribution in [0.5, 0.6) is 5.75 Å². The van der Waals surface area contributed by atoms with Crippen LogP contribution in [0.2, 0.25) is 5.02 Å². The minimum absolute atomic E-state index is 0. The summed E-state index contributed by atoms with van der Waals surface area (Å²) < 4.78 is 1.19. The van der Waals surface area contributed by atoms with Gasteiger partial charge in [-0.3, -0.25) is 9.59 Å². The molecule has 2 aromatic heterocycles. The number of nitrogens with one attached hydrogen (secondary N) is 1. The number of nitrogens with zero attached hydrogens (tertiary/aromatic N) is 3. The van der Waals surface area contributed by atoms with Crippen LogP contribution in [0.3, 0.4) is 0 Å². The van der Waals surface area contributed by atoms with E-state index in [0.717, 1.165) is 24.0 Å². The van der Waals surface area contributed by atoms with E-state index in [1.54, 1.807) is 6.07 Å². The monoisotopic (exact) mass is 422 g/mol. The number of rotatable bonds is 5. The van der Waals surface area contributed by atoms with E-state index in [2.05, 4.69) is 15.4 Å². The van der Waals surface area contributed by atoms with Gasteiger partial charge in [-0.05, 0) is 48.1 Å². The van der Waals surface area contributed by atoms with Crippen molar-refractivity contribution in [3.63, 3.8) is 0 Å². The number of halogens is 2. The highest BCUT2D eigenvalue weighted by Gasteiger charge is 2.26. The largest absolute Gasteiger partial charge is 0.505 e. The van der Waals surface area contributed by atoms with Gasteiger partial charge in [-0.25, -0.2) is 9.50 Å². The number of benzene rings is 1. The van der Waals surface area contributed by atoms with E-state index < -0.39 is 18.4 Å². The topological polar surface area (TPSA) is 117 Å². The fourth-order valence-electron chi connectivity index (χ4n) is 3.05. The van der Waals surface area contributed by atoms with Gasteiger partial charge in [-0.1, -0.05) is 17.7 Å². The van der Waals surface area contributed by atoms with E-state index in [1.807, 2.05) is 12.1 Å². The molecule has 1 aromatic carbocycles. The Kier molecular flexibility index (Phi) is 5.44. The number of aromatic hydroxyl groups is 1. The molecular weight excluding hydrogens is 407 g/mol. The summed E-state index contributed by atoms with van der Waals surface area (Å²) in [4.78, 5) is 27.2. The third-order valence-electron chi connectivity index (χ3n) is 4.42. The van der Waals surface area contributed by atoms with Crippen LogP contribution in [-0.4, -0.2) is 43.2 Å². The molecule has 146 valence electrons. The fraction of sp³-hybridized carbons (Fsp3) is 0.222. The Morgan fingerprint density at radius 2 is 2.00 bits per heavy atom. The fourth-order valence-corrected chi connectivity index (χ4v) is 3.30. The molecule has 0 unspecified atom stereocenters. The molecule has 2 heterocycles. The van der Waals surface area contributed by atoms with Crippen LogP contribution in [0.15, 0.2) is 30.6 Å². The van der Waals surface area contributed by atoms with Gasteiger partial charge in [0.25, 0.3) is 5.91 Å². The molecule has 4 rings (SSSR count). The molecule has 0 spiro atoms. The second kappa shape index (κ2) is 7.65. The Hall–Kier alpha value is -2.84. The first-order valence-corrected chi connectivity index (χ1v) is 8.68. The Morgan fingerprint density at radius 1 is 1.25 bits per heavy atom. The predicted octanol–water partition coefficient (Wildman–Crippen LogP) is 2.87. The molecule has 28 heavy (non-hydrogen) atoms. The molecule has 10 heteroatoms. The van der Waals surface area contributed by atoms with Crippen LogP contribution in [0.25, 0.3) is 16.8 Å². The van der Waals surface area contributed by atoms with Gasteiger partial charge in [-0.2, -0.15) is 5.10 Å². The molecule has 3 N–H and O–H groups in total. The Morgan fingerprint density at radius 3 is 2.68 bits per heavy atom. The SMILES string of the molecule is Cl.O=C(O)CNC(=O)c1c(O)cc(-c2cc(Cl)cc(C3CC3)c2)c2ncnn12. The van der Waals surface area contributed by atoms with E-state index in [4.69, 9.17) is 16.7 Å². The lowest BCUT2D eigenvalue weighted by molar-refractivity contribution is -0.135. The van der Waals surface area contributed by atoms with E-state index in [-0.39, 0.29) is 23.9 Å². The quantitative estimate of drug-likeness (QED) is 0.581. The Balaban J connectivity index is 0.00000225. The third kappa shape index (κ3) is 3.74. The normalized spacial score (nSPS) is 13.2. The average Bonchev–Trinajstić information content (AvgIpc) is 3.36. The van der Waals surface area contributed by atoms with Crippen LogP contribution in [0.4, 0.5) is 0 Å². The van der Waals surface area contributed by atoms with Crippen molar-refractivity contribution >= 4 is 41.5 Å². The first-order valence-electron chi connectivity index (χ1n) is 8.30. The summed E-state index contributed by atoms with van der Waals surface area (Å²) in [6.07, 6.45) is 3.50. The molecule has 0 atom stereocenters. The van der Waals surface area contributed by atoms with Crippen LogP contribution in [0.1, 0.15) is 34.8 Å². The zero-order valence-corrected chi connectivity index (χ0v) is 16.0. The summed E-state index contributed by atoms with van der Waals surface area (Å²) in [5.74, 6) is -1.80. The third-order valence-corrected chi connectivity index (χ3v) is 4.64. The Bertz CT molecular complexity index is 1080. The molecule has 1 aliphatic rings. The second-order valence-corrected chi connectivity index (χ2v) is 6.85. The minimum Gasteiger partial charge on any atom is -0.505 e. The van der Waals surface area contributed by atoms with Gasteiger partial charge in [0.15, 0.2) is 11.3 Å². The maximum absolute atomic E-state index is 12.3. The van der Waals surface area contributed by atoms with E-state index in [1.165, 1.54) is 16.9 Å². The number of amides is 1. The number of aliphatic carboxylic acids is 1. The molecule has 0 aliphatic heterocycles. The smallest absolute Gasteiger partial charge is 0.322 e. The minimum atomic E-state index is -1.19. The molecule has 0 radical (unpaired) electrons. The highest BCUT2D eigenvalue weighted by atomic mass is 35.5. The highest BCUT2D eigenvalue weighted by molar-refractivity contribution is 6.31. The van der Waals surface area contributed by atoms with E-state index in [0.29, 0.717) is 22.2 Å². The van der Waals surface area contributed by atoms with Gasteiger partial charge >= 0.3 is 5.97 Å². The molecule has 1 aliphatic carbocycles. The van der Waals surface area contributed by atoms with Crippen molar-refractivity contribution in [3.05, 3.63) is 46.9 Å². The number of carbonyl (C=O) groups excluding carboxylic acids is 1. The zero-order chi connectivity index (χ0) is 19.1. The van der Waals surface area contributed by atoms with E-state index in [9.17, 15) is 14.7 Å². The molecule has 1 saturated carbocycles. The molecule has 1 amide bonds. The van der Waals surface area contributed by atoms with Gasteiger partial charge < -0.3 is 15.5 Å². The van der Waals surface area contributed by atoms with Crippen LogP contribution in [-0.2, 0) is 4.79 Å². The molecule has 0 bridgehead atoms. The van der Waals surface area contributed by atoms with Crippen molar-refractivity contribution in [2.45, 2.75) is 18.8 Å². The van der Waals surface area contributed by atoms with Gasteiger partial charge in [0.05, 0.1) is 0 Å². The first kappa shape index (κ1) is 19.9. The van der Waals surface area contributed by atoms with Crippen molar-refractivity contribution in [1.82, 2.24) is 19.9 Å². The van der Waals surface area contributed by atoms with Crippen molar-refractivity contribution in [1.29, 1.82) is 0 Å². The summed E-state index contributed by atoms with van der Waals surface area (Å²) in [5.41, 5.74) is 2.63. The lowest BCUT2D eigenvalue weighted by Crippen LogP contribution is -2.31. The van der Waals surface area contributed by atoms with Crippen LogP contribution >= 0.6 is 24.0 Å². The van der Waals surface area contributed by atoms with Crippen molar-refractivity contribution in [2.24, 2.45) is 0 Å². The van der Waals surface area contributed by atoms with Crippen LogP contribution in [0, 0.1) is 0 Å². The summed E-state index contributed by atoms with van der Waals surface area (Å²) in [5, 5.41) is 26.0.